The van der Waals surface area contributed by atoms with Gasteiger partial charge in [0.25, 0.3) is 0 Å². The van der Waals surface area contributed by atoms with E-state index in [-0.39, 0.29) is 6.04 Å². The van der Waals surface area contributed by atoms with E-state index in [2.05, 4.69) is 35.8 Å². The number of nitrogens with zero attached hydrogens (tertiary/aromatic N) is 6. The molecule has 20 heavy (non-hydrogen) atoms. The number of tetrazole rings is 1. The summed E-state index contributed by atoms with van der Waals surface area (Å²) in [7, 11) is 0. The highest BCUT2D eigenvalue weighted by atomic mass is 15.5. The summed E-state index contributed by atoms with van der Waals surface area (Å²) in [6, 6.07) is 9.67. The maximum atomic E-state index is 4.33. The molecule has 96 valence electrons. The Balaban J connectivity index is 1.80. The normalized spacial score (nSPS) is 16.3. The number of nitrogens with one attached hydrogen (secondary N) is 1. The van der Waals surface area contributed by atoms with Gasteiger partial charge in [0.05, 0.1) is 5.69 Å². The van der Waals surface area contributed by atoms with Gasteiger partial charge in [-0.2, -0.15) is 10.2 Å². The summed E-state index contributed by atoms with van der Waals surface area (Å²) in [5.74, 6) is 0.633. The maximum Gasteiger partial charge on any atom is 0.179 e. The SMILES string of the molecule is c1cc(C2N=Nc3ccc(-c4nnn[nH]4)cc32)ccn1. The zero-order chi connectivity index (χ0) is 13.4. The lowest BCUT2D eigenvalue weighted by Crippen LogP contribution is -1.95. The van der Waals surface area contributed by atoms with Crippen molar-refractivity contribution in [2.75, 3.05) is 0 Å². The summed E-state index contributed by atoms with van der Waals surface area (Å²) >= 11 is 0. The predicted octanol–water partition coefficient (Wildman–Crippen LogP) is 2.45. The largest absolute Gasteiger partial charge is 0.265 e. The molecule has 3 aromatic rings. The quantitative estimate of drug-likeness (QED) is 0.768. The first kappa shape index (κ1) is 10.9. The van der Waals surface area contributed by atoms with Gasteiger partial charge in [-0.25, -0.2) is 5.10 Å². The van der Waals surface area contributed by atoms with Crippen molar-refractivity contribution in [2.45, 2.75) is 6.04 Å². The molecular formula is C13H9N7. The lowest BCUT2D eigenvalue weighted by atomic mass is 9.98. The zero-order valence-electron chi connectivity index (χ0n) is 10.3. The number of benzene rings is 1. The van der Waals surface area contributed by atoms with Crippen LogP contribution in [-0.4, -0.2) is 25.6 Å². The summed E-state index contributed by atoms with van der Waals surface area (Å²) in [5, 5.41) is 22.4. The number of aromatic amines is 1. The number of aromatic nitrogens is 5. The van der Waals surface area contributed by atoms with E-state index in [0.29, 0.717) is 5.82 Å². The fraction of sp³-hybridized carbons (Fsp3) is 0.0769. The average molecular weight is 263 g/mol. The number of rotatable bonds is 2. The van der Waals surface area contributed by atoms with Crippen LogP contribution in [0.25, 0.3) is 11.4 Å². The number of fused-ring (bicyclic) bond motifs is 1. The Bertz CT molecular complexity index is 765. The molecule has 1 atom stereocenters. The molecule has 0 radical (unpaired) electrons. The molecule has 1 aliphatic heterocycles. The van der Waals surface area contributed by atoms with Crippen molar-refractivity contribution in [3.63, 3.8) is 0 Å². The van der Waals surface area contributed by atoms with Crippen LogP contribution in [0.15, 0.2) is 53.0 Å². The van der Waals surface area contributed by atoms with Crippen LogP contribution in [0.3, 0.4) is 0 Å². The van der Waals surface area contributed by atoms with Crippen molar-refractivity contribution in [1.82, 2.24) is 25.6 Å². The van der Waals surface area contributed by atoms with E-state index < -0.39 is 0 Å². The lowest BCUT2D eigenvalue weighted by molar-refractivity contribution is 0.858. The van der Waals surface area contributed by atoms with Crippen LogP contribution in [-0.2, 0) is 0 Å². The van der Waals surface area contributed by atoms with Gasteiger partial charge >= 0.3 is 0 Å². The minimum Gasteiger partial charge on any atom is -0.265 e. The van der Waals surface area contributed by atoms with Crippen molar-refractivity contribution in [2.24, 2.45) is 10.2 Å². The molecule has 0 saturated carbocycles. The first-order valence-electron chi connectivity index (χ1n) is 6.10. The number of H-pyrrole nitrogens is 1. The average Bonchev–Trinajstić information content (AvgIpc) is 3.17. The minimum atomic E-state index is -0.0937. The Kier molecular flexibility index (Phi) is 2.35. The monoisotopic (exact) mass is 263 g/mol. The fourth-order valence-corrected chi connectivity index (χ4v) is 2.27. The molecule has 0 saturated heterocycles. The fourth-order valence-electron chi connectivity index (χ4n) is 2.27. The minimum absolute atomic E-state index is 0.0937. The molecule has 2 aromatic heterocycles. The zero-order valence-corrected chi connectivity index (χ0v) is 10.3. The molecule has 7 nitrogen and oxygen atoms in total. The molecule has 0 amide bonds. The van der Waals surface area contributed by atoms with Crippen molar-refractivity contribution >= 4 is 5.69 Å². The van der Waals surface area contributed by atoms with Crippen molar-refractivity contribution in [1.29, 1.82) is 0 Å². The maximum absolute atomic E-state index is 4.33. The summed E-state index contributed by atoms with van der Waals surface area (Å²) in [6.45, 7) is 0. The first-order valence-corrected chi connectivity index (χ1v) is 6.10. The summed E-state index contributed by atoms with van der Waals surface area (Å²) in [6.07, 6.45) is 3.51. The second kappa shape index (κ2) is 4.30. The molecule has 0 fully saturated rings. The first-order chi connectivity index (χ1) is 9.92. The van der Waals surface area contributed by atoms with E-state index in [1.165, 1.54) is 0 Å². The van der Waals surface area contributed by atoms with Gasteiger partial charge in [-0.3, -0.25) is 4.98 Å². The summed E-state index contributed by atoms with van der Waals surface area (Å²) in [4.78, 5) is 4.03. The Morgan fingerprint density at radius 1 is 1.05 bits per heavy atom. The molecule has 1 aliphatic rings. The van der Waals surface area contributed by atoms with Gasteiger partial charge in [-0.05, 0) is 46.3 Å². The van der Waals surface area contributed by atoms with Gasteiger partial charge in [0.1, 0.15) is 6.04 Å². The van der Waals surface area contributed by atoms with E-state index in [1.54, 1.807) is 12.4 Å². The second-order valence-electron chi connectivity index (χ2n) is 4.42. The van der Waals surface area contributed by atoms with Crippen LogP contribution in [0.4, 0.5) is 5.69 Å². The van der Waals surface area contributed by atoms with Crippen LogP contribution in [0, 0.1) is 0 Å². The number of hydrogen-bond donors (Lipinski definition) is 1. The third kappa shape index (κ3) is 1.68. The summed E-state index contributed by atoms with van der Waals surface area (Å²) < 4.78 is 0. The third-order valence-electron chi connectivity index (χ3n) is 3.24. The van der Waals surface area contributed by atoms with Crippen molar-refractivity contribution in [3.05, 3.63) is 53.9 Å². The molecule has 0 bridgehead atoms. The molecule has 3 heterocycles. The van der Waals surface area contributed by atoms with Crippen LogP contribution < -0.4 is 0 Å². The standard InChI is InChI=1S/C13H9N7/c1-2-11-10(7-9(1)13-17-19-20-18-13)12(16-15-11)8-3-5-14-6-4-8/h1-7,12H,(H,17,18,19,20). The van der Waals surface area contributed by atoms with E-state index >= 15 is 0 Å². The second-order valence-corrected chi connectivity index (χ2v) is 4.42. The Morgan fingerprint density at radius 2 is 1.95 bits per heavy atom. The Morgan fingerprint density at radius 3 is 2.75 bits per heavy atom. The molecule has 1 unspecified atom stereocenters. The van der Waals surface area contributed by atoms with E-state index in [0.717, 1.165) is 22.4 Å². The highest BCUT2D eigenvalue weighted by Gasteiger charge is 2.23. The molecule has 0 spiro atoms. The predicted molar refractivity (Wildman–Crippen MR) is 70.2 cm³/mol. The van der Waals surface area contributed by atoms with Gasteiger partial charge in [-0.1, -0.05) is 0 Å². The van der Waals surface area contributed by atoms with Crippen molar-refractivity contribution < 1.29 is 0 Å². The third-order valence-corrected chi connectivity index (χ3v) is 3.24. The Labute approximate surface area is 113 Å². The highest BCUT2D eigenvalue weighted by molar-refractivity contribution is 5.64. The molecule has 1 N–H and O–H groups in total. The lowest BCUT2D eigenvalue weighted by Gasteiger charge is -2.08. The van der Waals surface area contributed by atoms with E-state index in [1.807, 2.05) is 30.3 Å². The highest BCUT2D eigenvalue weighted by Crippen LogP contribution is 2.40. The van der Waals surface area contributed by atoms with Crippen LogP contribution in [0.1, 0.15) is 17.2 Å². The van der Waals surface area contributed by atoms with E-state index in [4.69, 9.17) is 0 Å². The molecular weight excluding hydrogens is 254 g/mol. The van der Waals surface area contributed by atoms with Crippen LogP contribution >= 0.6 is 0 Å². The van der Waals surface area contributed by atoms with Crippen LogP contribution in [0.5, 0.6) is 0 Å². The molecule has 0 aliphatic carbocycles. The smallest absolute Gasteiger partial charge is 0.179 e. The summed E-state index contributed by atoms with van der Waals surface area (Å²) in [5.41, 5.74) is 3.91. The molecule has 7 heteroatoms. The van der Waals surface area contributed by atoms with Crippen LogP contribution in [0.2, 0.25) is 0 Å². The topological polar surface area (TPSA) is 92.1 Å². The van der Waals surface area contributed by atoms with Gasteiger partial charge in [0.2, 0.25) is 0 Å². The van der Waals surface area contributed by atoms with Gasteiger partial charge in [0, 0.05) is 23.5 Å². The molecule has 1 aromatic carbocycles. The van der Waals surface area contributed by atoms with Gasteiger partial charge < -0.3 is 0 Å². The number of hydrogen-bond acceptors (Lipinski definition) is 6. The Hall–Kier alpha value is -2.96. The molecule has 4 rings (SSSR count). The van der Waals surface area contributed by atoms with E-state index in [9.17, 15) is 0 Å². The van der Waals surface area contributed by atoms with Gasteiger partial charge in [0.15, 0.2) is 5.82 Å². The van der Waals surface area contributed by atoms with Gasteiger partial charge in [-0.15, -0.1) is 5.10 Å². The number of pyridine rings is 1. The number of azo groups is 1. The van der Waals surface area contributed by atoms with Crippen molar-refractivity contribution in [3.8, 4) is 11.4 Å².